The number of aryl methyl sites for hydroxylation is 2. The monoisotopic (exact) mass is 329 g/mol. The number of carbonyl (C=O) groups excluding carboxylic acids is 1. The van der Waals surface area contributed by atoms with Crippen molar-refractivity contribution < 1.29 is 4.79 Å². The second kappa shape index (κ2) is 5.65. The van der Waals surface area contributed by atoms with Crippen molar-refractivity contribution >= 4 is 11.7 Å². The zero-order chi connectivity index (χ0) is 16.8. The van der Waals surface area contributed by atoms with Crippen LogP contribution in [0.5, 0.6) is 0 Å². The molecule has 1 aliphatic heterocycles. The summed E-state index contributed by atoms with van der Waals surface area (Å²) in [5.41, 5.74) is 2.41. The first-order chi connectivity index (χ1) is 11.5. The van der Waals surface area contributed by atoms with Gasteiger partial charge in [0.25, 0.3) is 5.56 Å². The first kappa shape index (κ1) is 15.2. The minimum atomic E-state index is -0.226. The van der Waals surface area contributed by atoms with E-state index in [9.17, 15) is 9.59 Å². The molecule has 1 atom stereocenters. The molecule has 7 heteroatoms. The van der Waals surface area contributed by atoms with Crippen LogP contribution >= 0.6 is 0 Å². The van der Waals surface area contributed by atoms with Gasteiger partial charge in [-0.15, -0.1) is 0 Å². The summed E-state index contributed by atoms with van der Waals surface area (Å²) in [4.78, 5) is 25.0. The number of hydrogen-bond acceptors (Lipinski definition) is 3. The van der Waals surface area contributed by atoms with Crippen LogP contribution in [0.2, 0.25) is 0 Å². The van der Waals surface area contributed by atoms with Crippen molar-refractivity contribution in [2.24, 2.45) is 7.05 Å². The zero-order valence-corrected chi connectivity index (χ0v) is 14.1. The van der Waals surface area contributed by atoms with E-state index in [2.05, 4.69) is 15.5 Å². The molecule has 1 fully saturated rings. The average molecular weight is 329 g/mol. The Labute approximate surface area is 140 Å². The van der Waals surface area contributed by atoms with Crippen molar-refractivity contribution in [3.8, 4) is 0 Å². The number of aromatic nitrogens is 4. The fourth-order valence-corrected chi connectivity index (χ4v) is 4.22. The number of rotatable bonds is 2. The number of nitrogens with zero attached hydrogens (tertiary/aromatic N) is 3. The molecule has 3 heterocycles. The SMILES string of the molecule is Cc1nn(C)cc1[C@@H]1CC(=O)Nc2c1c(=O)[nH]n2C1CCCCC1. The number of nitrogens with one attached hydrogen (secondary N) is 2. The van der Waals surface area contributed by atoms with Crippen LogP contribution in [0.15, 0.2) is 11.0 Å². The molecule has 2 aromatic heterocycles. The number of H-pyrrole nitrogens is 1. The number of amides is 1. The second-order valence-electron chi connectivity index (χ2n) is 7.01. The number of fused-ring (bicyclic) bond motifs is 1. The number of carbonyl (C=O) groups is 1. The highest BCUT2D eigenvalue weighted by Crippen LogP contribution is 2.39. The third kappa shape index (κ3) is 2.39. The van der Waals surface area contributed by atoms with E-state index in [-0.39, 0.29) is 29.8 Å². The van der Waals surface area contributed by atoms with E-state index < -0.39 is 0 Å². The summed E-state index contributed by atoms with van der Waals surface area (Å²) >= 11 is 0. The highest BCUT2D eigenvalue weighted by Gasteiger charge is 2.35. The van der Waals surface area contributed by atoms with Crippen LogP contribution in [0.4, 0.5) is 5.82 Å². The van der Waals surface area contributed by atoms with E-state index in [1.807, 2.05) is 24.9 Å². The Morgan fingerprint density at radius 1 is 1.21 bits per heavy atom. The van der Waals surface area contributed by atoms with Gasteiger partial charge in [0.15, 0.2) is 0 Å². The van der Waals surface area contributed by atoms with Crippen LogP contribution in [0.3, 0.4) is 0 Å². The molecule has 1 saturated carbocycles. The van der Waals surface area contributed by atoms with Crippen LogP contribution in [-0.2, 0) is 11.8 Å². The van der Waals surface area contributed by atoms with Gasteiger partial charge < -0.3 is 5.32 Å². The standard InChI is InChI=1S/C17H23N5O2/c1-10-13(9-21(2)19-10)12-8-14(23)18-16-15(12)17(24)20-22(16)11-6-4-3-5-7-11/h9,11-12H,3-8H2,1-2H3,(H,18,23)(H,20,24)/t12-/m0/s1. The van der Waals surface area contributed by atoms with Crippen molar-refractivity contribution in [1.82, 2.24) is 19.6 Å². The summed E-state index contributed by atoms with van der Waals surface area (Å²) in [5.74, 6) is 0.395. The van der Waals surface area contributed by atoms with Gasteiger partial charge >= 0.3 is 0 Å². The van der Waals surface area contributed by atoms with Gasteiger partial charge in [-0.05, 0) is 19.8 Å². The normalized spacial score (nSPS) is 21.6. The summed E-state index contributed by atoms with van der Waals surface area (Å²) in [6, 6.07) is 0.268. The number of aromatic amines is 1. The van der Waals surface area contributed by atoms with E-state index in [0.717, 1.165) is 24.1 Å². The Balaban J connectivity index is 1.82. The Hall–Kier alpha value is -2.31. The molecule has 2 aliphatic rings. The maximum atomic E-state index is 12.7. The van der Waals surface area contributed by atoms with E-state index in [1.165, 1.54) is 19.3 Å². The van der Waals surface area contributed by atoms with Crippen LogP contribution in [0.25, 0.3) is 0 Å². The van der Waals surface area contributed by atoms with Crippen molar-refractivity contribution in [3.63, 3.8) is 0 Å². The van der Waals surface area contributed by atoms with Crippen LogP contribution in [0.1, 0.15) is 67.3 Å². The van der Waals surface area contributed by atoms with Gasteiger partial charge in [0, 0.05) is 31.1 Å². The van der Waals surface area contributed by atoms with Crippen molar-refractivity contribution in [2.75, 3.05) is 5.32 Å². The largest absolute Gasteiger partial charge is 0.311 e. The van der Waals surface area contributed by atoms with Crippen LogP contribution in [-0.4, -0.2) is 25.5 Å². The van der Waals surface area contributed by atoms with E-state index >= 15 is 0 Å². The number of hydrogen-bond donors (Lipinski definition) is 2. The lowest BCUT2D eigenvalue weighted by Gasteiger charge is -2.27. The minimum Gasteiger partial charge on any atom is -0.311 e. The summed E-state index contributed by atoms with van der Waals surface area (Å²) in [5, 5.41) is 10.3. The fourth-order valence-electron chi connectivity index (χ4n) is 4.22. The van der Waals surface area contributed by atoms with Gasteiger partial charge in [-0.1, -0.05) is 19.3 Å². The van der Waals surface area contributed by atoms with Gasteiger partial charge in [-0.2, -0.15) is 5.10 Å². The van der Waals surface area contributed by atoms with Crippen molar-refractivity contribution in [1.29, 1.82) is 0 Å². The molecule has 1 amide bonds. The van der Waals surface area contributed by atoms with E-state index in [4.69, 9.17) is 0 Å². The van der Waals surface area contributed by atoms with Gasteiger partial charge in [-0.3, -0.25) is 24.1 Å². The first-order valence-electron chi connectivity index (χ1n) is 8.69. The fraction of sp³-hybridized carbons (Fsp3) is 0.588. The smallest absolute Gasteiger partial charge is 0.270 e. The maximum Gasteiger partial charge on any atom is 0.270 e. The highest BCUT2D eigenvalue weighted by molar-refractivity contribution is 5.94. The molecule has 0 bridgehead atoms. The summed E-state index contributed by atoms with van der Waals surface area (Å²) in [6.45, 7) is 1.92. The quantitative estimate of drug-likeness (QED) is 0.886. The van der Waals surface area contributed by atoms with Gasteiger partial charge in [0.2, 0.25) is 5.91 Å². The Morgan fingerprint density at radius 2 is 1.96 bits per heavy atom. The van der Waals surface area contributed by atoms with Gasteiger partial charge in [-0.25, -0.2) is 0 Å². The Kier molecular flexibility index (Phi) is 3.58. The molecule has 24 heavy (non-hydrogen) atoms. The summed E-state index contributed by atoms with van der Waals surface area (Å²) in [7, 11) is 1.86. The molecule has 128 valence electrons. The lowest BCUT2D eigenvalue weighted by molar-refractivity contribution is -0.116. The zero-order valence-electron chi connectivity index (χ0n) is 14.1. The van der Waals surface area contributed by atoms with Gasteiger partial charge in [0.1, 0.15) is 5.82 Å². The molecule has 1 aliphatic carbocycles. The Bertz CT molecular complexity index is 838. The van der Waals surface area contributed by atoms with Crippen LogP contribution < -0.4 is 10.9 Å². The molecule has 2 N–H and O–H groups in total. The third-order valence-electron chi connectivity index (χ3n) is 5.33. The maximum absolute atomic E-state index is 12.7. The molecule has 0 spiro atoms. The van der Waals surface area contributed by atoms with Crippen LogP contribution in [0, 0.1) is 6.92 Å². The molecule has 7 nitrogen and oxygen atoms in total. The lowest BCUT2D eigenvalue weighted by Crippen LogP contribution is -2.28. The molecule has 0 unspecified atom stereocenters. The molecular weight excluding hydrogens is 306 g/mol. The lowest BCUT2D eigenvalue weighted by atomic mass is 9.87. The predicted octanol–water partition coefficient (Wildman–Crippen LogP) is 2.20. The molecule has 0 saturated heterocycles. The Morgan fingerprint density at radius 3 is 2.62 bits per heavy atom. The topological polar surface area (TPSA) is 84.7 Å². The molecule has 2 aromatic rings. The van der Waals surface area contributed by atoms with Crippen molar-refractivity contribution in [2.45, 2.75) is 57.4 Å². The highest BCUT2D eigenvalue weighted by atomic mass is 16.2. The molecule has 0 aromatic carbocycles. The van der Waals surface area contributed by atoms with Crippen molar-refractivity contribution in [3.05, 3.63) is 33.4 Å². The molecule has 0 radical (unpaired) electrons. The van der Waals surface area contributed by atoms with E-state index in [0.29, 0.717) is 11.4 Å². The van der Waals surface area contributed by atoms with Gasteiger partial charge in [0.05, 0.1) is 17.3 Å². The molecule has 4 rings (SSSR count). The predicted molar refractivity (Wildman–Crippen MR) is 90.2 cm³/mol. The van der Waals surface area contributed by atoms with E-state index in [1.54, 1.807) is 4.68 Å². The average Bonchev–Trinajstić information content (AvgIpc) is 3.07. The minimum absolute atomic E-state index is 0.0423. The first-order valence-corrected chi connectivity index (χ1v) is 8.69. The molecular formula is C17H23N5O2. The summed E-state index contributed by atoms with van der Waals surface area (Å²) < 4.78 is 3.65. The number of anilines is 1. The second-order valence-corrected chi connectivity index (χ2v) is 7.01. The third-order valence-corrected chi connectivity index (χ3v) is 5.33. The summed E-state index contributed by atoms with van der Waals surface area (Å²) in [6.07, 6.45) is 7.87.